The molecule has 1 nitrogen and oxygen atoms in total. The van der Waals surface area contributed by atoms with E-state index in [1.807, 2.05) is 0 Å². The third-order valence-electron chi connectivity index (χ3n) is 2.20. The van der Waals surface area contributed by atoms with Crippen LogP contribution >= 0.6 is 92.8 Å². The molecule has 0 saturated heterocycles. The highest BCUT2D eigenvalue weighted by molar-refractivity contribution is 6.95. The first kappa shape index (κ1) is 16.0. The molecule has 0 aromatic heterocycles. The first-order valence-electron chi connectivity index (χ1n) is 4.02. The van der Waals surface area contributed by atoms with Gasteiger partial charge in [0, 0.05) is 0 Å². The summed E-state index contributed by atoms with van der Waals surface area (Å²) >= 11 is 47.2. The minimum Gasteiger partial charge on any atom is -0.236 e. The number of halogens is 8. The number of alkyl halides is 6. The largest absolute Gasteiger partial charge is 0.236 e. The minimum atomic E-state index is -1.48. The van der Waals surface area contributed by atoms with E-state index in [-0.39, 0.29) is 4.63 Å². The molecule has 0 bridgehead atoms. The highest BCUT2D eigenvalue weighted by Crippen LogP contribution is 2.48. The van der Waals surface area contributed by atoms with Gasteiger partial charge in [0.05, 0.1) is 26.9 Å². The molecule has 9 heteroatoms. The second-order valence-electron chi connectivity index (χ2n) is 3.22. The Labute approximate surface area is 133 Å². The first-order chi connectivity index (χ1) is 7.21. The maximum absolute atomic E-state index is 6.18. The van der Waals surface area contributed by atoms with Crippen LogP contribution in [0.15, 0.2) is 4.99 Å². The van der Waals surface area contributed by atoms with E-state index in [9.17, 15) is 0 Å². The number of aliphatic imine (C=N–C) groups is 1. The predicted octanol–water partition coefficient (Wildman–Crippen LogP) is 4.81. The van der Waals surface area contributed by atoms with Crippen LogP contribution in [-0.2, 0) is 0 Å². The van der Waals surface area contributed by atoms with Gasteiger partial charge in [-0.2, -0.15) is 0 Å². The van der Waals surface area contributed by atoms with Crippen LogP contribution in [0.5, 0.6) is 0 Å². The fourth-order valence-corrected chi connectivity index (χ4v) is 4.16. The Balaban J connectivity index is 3.12. The average Bonchev–Trinajstić information content (AvgIpc) is 2.21. The van der Waals surface area contributed by atoms with Crippen LogP contribution in [-0.4, -0.2) is 36.5 Å². The van der Waals surface area contributed by atoms with Gasteiger partial charge in [0.1, 0.15) is 0 Å². The van der Waals surface area contributed by atoms with E-state index in [4.69, 9.17) is 92.8 Å². The van der Waals surface area contributed by atoms with Crippen molar-refractivity contribution in [3.63, 3.8) is 0 Å². The van der Waals surface area contributed by atoms with Gasteiger partial charge in [0.25, 0.3) is 0 Å². The monoisotopic (exact) mass is 383 g/mol. The van der Waals surface area contributed by atoms with E-state index in [1.54, 1.807) is 0 Å². The number of rotatable bonds is 1. The topological polar surface area (TPSA) is 12.4 Å². The van der Waals surface area contributed by atoms with Crippen molar-refractivity contribution in [1.82, 2.24) is 0 Å². The Morgan fingerprint density at radius 2 is 1.19 bits per heavy atom. The lowest BCUT2D eigenvalue weighted by Crippen LogP contribution is -2.59. The van der Waals surface area contributed by atoms with Gasteiger partial charge in [-0.15, -0.1) is 58.0 Å². The quantitative estimate of drug-likeness (QED) is 0.348. The van der Waals surface area contributed by atoms with Gasteiger partial charge in [0.15, 0.2) is 9.63 Å². The van der Waals surface area contributed by atoms with Crippen LogP contribution in [0.3, 0.4) is 0 Å². The molecule has 1 rings (SSSR count). The third-order valence-corrected chi connectivity index (χ3v) is 6.46. The summed E-state index contributed by atoms with van der Waals surface area (Å²) in [5.74, 6) is 0. The molecule has 1 aliphatic carbocycles. The van der Waals surface area contributed by atoms with E-state index >= 15 is 0 Å². The smallest absolute Gasteiger partial charge is 0.193 e. The van der Waals surface area contributed by atoms with Crippen molar-refractivity contribution in [2.45, 2.75) is 31.9 Å². The summed E-state index contributed by atoms with van der Waals surface area (Å²) in [4.78, 5) is 2.31. The first-order valence-corrected chi connectivity index (χ1v) is 7.33. The normalized spacial score (nSPS) is 48.9. The van der Waals surface area contributed by atoms with E-state index in [2.05, 4.69) is 4.99 Å². The molecule has 94 valence electrons. The zero-order valence-electron chi connectivity index (χ0n) is 7.36. The van der Waals surface area contributed by atoms with Gasteiger partial charge in [-0.3, -0.25) is 0 Å². The summed E-state index contributed by atoms with van der Waals surface area (Å²) in [5, 5.41) is -3.71. The molecule has 4 unspecified atom stereocenters. The van der Waals surface area contributed by atoms with Crippen molar-refractivity contribution in [2.24, 2.45) is 4.99 Å². The summed E-state index contributed by atoms with van der Waals surface area (Å²) < 4.78 is -0.299. The lowest BCUT2D eigenvalue weighted by Gasteiger charge is -2.44. The molecule has 0 radical (unpaired) electrons. The molecule has 4 atom stereocenters. The number of nitrogens with zero attached hydrogens (tertiary/aromatic N) is 1. The number of hydrogen-bond acceptors (Lipinski definition) is 1. The maximum Gasteiger partial charge on any atom is 0.193 e. The Morgan fingerprint density at radius 1 is 0.812 bits per heavy atom. The highest BCUT2D eigenvalue weighted by atomic mass is 35.5. The van der Waals surface area contributed by atoms with Crippen molar-refractivity contribution in [3.05, 3.63) is 0 Å². The van der Waals surface area contributed by atoms with Crippen molar-refractivity contribution < 1.29 is 0 Å². The van der Waals surface area contributed by atoms with Crippen molar-refractivity contribution in [2.75, 3.05) is 0 Å². The van der Waals surface area contributed by atoms with Crippen LogP contribution in [0, 0.1) is 0 Å². The van der Waals surface area contributed by atoms with Crippen LogP contribution in [0.25, 0.3) is 0 Å². The number of hydrogen-bond donors (Lipinski definition) is 0. The van der Waals surface area contributed by atoms with Crippen LogP contribution in [0.1, 0.15) is 0 Å². The highest BCUT2D eigenvalue weighted by Gasteiger charge is 2.57. The molecule has 0 spiro atoms. The molecular weight excluding hydrogens is 382 g/mol. The van der Waals surface area contributed by atoms with Gasteiger partial charge in [-0.05, 0) is 23.2 Å². The molecule has 0 aliphatic heterocycles. The van der Waals surface area contributed by atoms with Crippen LogP contribution < -0.4 is 0 Å². The Hall–Kier alpha value is 1.99. The summed E-state index contributed by atoms with van der Waals surface area (Å²) in [5.41, 5.74) is 0. The van der Waals surface area contributed by atoms with Crippen LogP contribution in [0.4, 0.5) is 0 Å². The molecule has 0 aromatic rings. The van der Waals surface area contributed by atoms with Gasteiger partial charge in [-0.1, -0.05) is 11.6 Å². The van der Waals surface area contributed by atoms with Gasteiger partial charge in [-0.25, -0.2) is 4.99 Å². The second-order valence-corrected chi connectivity index (χ2v) is 7.18. The minimum absolute atomic E-state index is 0.299. The Morgan fingerprint density at radius 3 is 1.50 bits per heavy atom. The van der Waals surface area contributed by atoms with E-state index in [1.165, 1.54) is 0 Å². The van der Waals surface area contributed by atoms with Crippen LogP contribution in [0.2, 0.25) is 0 Å². The molecule has 16 heavy (non-hydrogen) atoms. The van der Waals surface area contributed by atoms with E-state index in [0.717, 1.165) is 0 Å². The van der Waals surface area contributed by atoms with Crippen molar-refractivity contribution in [3.8, 4) is 0 Å². The Kier molecular flexibility index (Phi) is 5.98. The SMILES string of the molecule is ClC(Cl)=NC1(Cl)C(Cl)C(Cl)C(Cl)C(Cl)C1Cl. The summed E-state index contributed by atoms with van der Waals surface area (Å²) in [6.45, 7) is 0. The zero-order chi connectivity index (χ0) is 12.7. The van der Waals surface area contributed by atoms with Crippen molar-refractivity contribution in [1.29, 1.82) is 0 Å². The summed E-state index contributed by atoms with van der Waals surface area (Å²) in [7, 11) is 0. The maximum atomic E-state index is 6.18. The van der Waals surface area contributed by atoms with Crippen molar-refractivity contribution >= 4 is 97.4 Å². The van der Waals surface area contributed by atoms with Gasteiger partial charge >= 0.3 is 0 Å². The van der Waals surface area contributed by atoms with Gasteiger partial charge in [0.2, 0.25) is 0 Å². The van der Waals surface area contributed by atoms with Gasteiger partial charge < -0.3 is 0 Å². The molecule has 1 aliphatic rings. The molecule has 1 fully saturated rings. The standard InChI is InChI=1S/C7H5Cl8N/c8-1-2(9)4(11)7(15,16-6(13)14)5(12)3(1)10/h1-5H. The Bertz CT molecular complexity index is 274. The molecular formula is C7H5Cl8N. The molecule has 0 amide bonds. The fourth-order valence-electron chi connectivity index (χ4n) is 1.35. The molecule has 0 heterocycles. The third kappa shape index (κ3) is 2.93. The molecule has 1 saturated carbocycles. The summed E-state index contributed by atoms with van der Waals surface area (Å²) in [6, 6.07) is 0. The lowest BCUT2D eigenvalue weighted by atomic mass is 9.92. The zero-order valence-corrected chi connectivity index (χ0v) is 13.4. The van der Waals surface area contributed by atoms with E-state index in [0.29, 0.717) is 0 Å². The summed E-state index contributed by atoms with van der Waals surface area (Å²) in [6.07, 6.45) is 0. The lowest BCUT2D eigenvalue weighted by molar-refractivity contribution is 0.432. The second kappa shape index (κ2) is 5.96. The fraction of sp³-hybridized carbons (Fsp3) is 0.857. The average molecular weight is 387 g/mol. The van der Waals surface area contributed by atoms with E-state index < -0.39 is 31.9 Å². The predicted molar refractivity (Wildman–Crippen MR) is 75.9 cm³/mol. The molecule has 0 aromatic carbocycles. The molecule has 0 N–H and O–H groups in total.